The molecule has 0 aromatic heterocycles. The number of allylic oxidation sites excluding steroid dienone is 1. The molecule has 1 atom stereocenters. The van der Waals surface area contributed by atoms with Gasteiger partial charge < -0.3 is 9.64 Å². The molecule has 3 nitrogen and oxygen atoms in total. The highest BCUT2D eigenvalue weighted by molar-refractivity contribution is 9.10. The fraction of sp³-hybridized carbons (Fsp3) is 0.438. The number of rotatable bonds is 5. The van der Waals surface area contributed by atoms with E-state index in [2.05, 4.69) is 15.9 Å². The van der Waals surface area contributed by atoms with E-state index in [-0.39, 0.29) is 11.8 Å². The fourth-order valence-corrected chi connectivity index (χ4v) is 2.99. The molecule has 0 bridgehead atoms. The summed E-state index contributed by atoms with van der Waals surface area (Å²) in [6.45, 7) is 3.59. The van der Waals surface area contributed by atoms with Crippen LogP contribution in [0.25, 0.3) is 5.70 Å². The molecule has 0 saturated carbocycles. The van der Waals surface area contributed by atoms with Gasteiger partial charge >= 0.3 is 0 Å². The van der Waals surface area contributed by atoms with E-state index in [1.54, 1.807) is 25.1 Å². The average Bonchev–Trinajstić information content (AvgIpc) is 2.45. The van der Waals surface area contributed by atoms with Crippen molar-refractivity contribution in [1.29, 1.82) is 0 Å². The van der Waals surface area contributed by atoms with Crippen molar-refractivity contribution in [1.82, 2.24) is 4.90 Å². The molecular formula is C16H18BrF2NO2. The van der Waals surface area contributed by atoms with E-state index < -0.39 is 13.0 Å². The third kappa shape index (κ3) is 3.66. The number of amides is 1. The first kappa shape index (κ1) is 16.9. The van der Waals surface area contributed by atoms with Gasteiger partial charge in [-0.3, -0.25) is 4.79 Å². The largest absolute Gasteiger partial charge is 0.494 e. The molecule has 0 N–H and O–H groups in total. The highest BCUT2D eigenvalue weighted by Crippen LogP contribution is 2.34. The van der Waals surface area contributed by atoms with E-state index in [9.17, 15) is 13.6 Å². The van der Waals surface area contributed by atoms with E-state index >= 15 is 0 Å². The number of carbonyl (C=O) groups excluding carboxylic acids is 1. The Morgan fingerprint density at radius 3 is 2.77 bits per heavy atom. The van der Waals surface area contributed by atoms with Crippen LogP contribution in [0.4, 0.5) is 8.78 Å². The standard InChI is InChI=1S/C16H18BrF2NO2/c1-3-22-11-5-6-12(13(17)8-11)14-7-4-10(2)16(21)20(14)9-15(18)19/h5-8,10,15H,3-4,9H2,1-2H3. The van der Waals surface area contributed by atoms with E-state index in [0.29, 0.717) is 34.5 Å². The van der Waals surface area contributed by atoms with Gasteiger partial charge in [-0.2, -0.15) is 0 Å². The van der Waals surface area contributed by atoms with Gasteiger partial charge in [0.15, 0.2) is 0 Å². The molecule has 1 amide bonds. The van der Waals surface area contributed by atoms with Crippen molar-refractivity contribution in [3.05, 3.63) is 34.3 Å². The lowest BCUT2D eigenvalue weighted by Crippen LogP contribution is -2.39. The van der Waals surface area contributed by atoms with Gasteiger partial charge in [0.1, 0.15) is 5.75 Å². The highest BCUT2D eigenvalue weighted by Gasteiger charge is 2.30. The van der Waals surface area contributed by atoms with Crippen molar-refractivity contribution in [2.24, 2.45) is 5.92 Å². The Kier molecular flexibility index (Phi) is 5.56. The van der Waals surface area contributed by atoms with Gasteiger partial charge in [-0.05, 0) is 47.5 Å². The Labute approximate surface area is 137 Å². The zero-order chi connectivity index (χ0) is 16.3. The predicted octanol–water partition coefficient (Wildman–Crippen LogP) is 4.32. The van der Waals surface area contributed by atoms with Crippen LogP contribution in [-0.2, 0) is 4.79 Å². The van der Waals surface area contributed by atoms with Gasteiger partial charge in [0, 0.05) is 21.7 Å². The van der Waals surface area contributed by atoms with Crippen LogP contribution in [0, 0.1) is 5.92 Å². The minimum atomic E-state index is -2.57. The molecule has 0 radical (unpaired) electrons. The second-order valence-electron chi connectivity index (χ2n) is 5.14. The summed E-state index contributed by atoms with van der Waals surface area (Å²) in [5, 5.41) is 0. The number of ether oxygens (including phenoxy) is 1. The monoisotopic (exact) mass is 373 g/mol. The minimum Gasteiger partial charge on any atom is -0.494 e. The zero-order valence-corrected chi connectivity index (χ0v) is 14.1. The Bertz CT molecular complexity index is 590. The molecule has 0 saturated heterocycles. The smallest absolute Gasteiger partial charge is 0.256 e. The number of benzene rings is 1. The number of hydrogen-bond acceptors (Lipinski definition) is 2. The summed E-state index contributed by atoms with van der Waals surface area (Å²) >= 11 is 3.44. The summed E-state index contributed by atoms with van der Waals surface area (Å²) in [6.07, 6.45) is -0.179. The van der Waals surface area contributed by atoms with Gasteiger partial charge in [-0.15, -0.1) is 0 Å². The summed E-state index contributed by atoms with van der Waals surface area (Å²) in [4.78, 5) is 13.4. The van der Waals surface area contributed by atoms with Crippen LogP contribution < -0.4 is 4.74 Å². The van der Waals surface area contributed by atoms with Crippen LogP contribution in [-0.4, -0.2) is 30.4 Å². The molecule has 0 aliphatic carbocycles. The first-order valence-electron chi connectivity index (χ1n) is 7.16. The molecule has 6 heteroatoms. The first-order chi connectivity index (χ1) is 10.4. The number of alkyl halides is 2. The fourth-order valence-electron chi connectivity index (χ4n) is 2.43. The van der Waals surface area contributed by atoms with E-state index in [1.807, 2.05) is 13.0 Å². The number of hydrogen-bond donors (Lipinski definition) is 0. The van der Waals surface area contributed by atoms with Gasteiger partial charge in [0.25, 0.3) is 6.43 Å². The maximum atomic E-state index is 12.8. The van der Waals surface area contributed by atoms with Gasteiger partial charge in [0.2, 0.25) is 5.91 Å². The quantitative estimate of drug-likeness (QED) is 0.768. The summed E-state index contributed by atoms with van der Waals surface area (Å²) in [5.74, 6) is 0.150. The van der Waals surface area contributed by atoms with Crippen molar-refractivity contribution in [3.8, 4) is 5.75 Å². The molecule has 1 unspecified atom stereocenters. The Morgan fingerprint density at radius 2 is 2.18 bits per heavy atom. The molecule has 1 aliphatic rings. The van der Waals surface area contributed by atoms with Crippen LogP contribution in [0.2, 0.25) is 0 Å². The molecule has 2 rings (SSSR count). The topological polar surface area (TPSA) is 29.5 Å². The van der Waals surface area contributed by atoms with Crippen LogP contribution >= 0.6 is 15.9 Å². The molecule has 1 aromatic carbocycles. The normalized spacial score (nSPS) is 18.6. The lowest BCUT2D eigenvalue weighted by Gasteiger charge is -2.32. The molecule has 120 valence electrons. The molecule has 0 fully saturated rings. The maximum absolute atomic E-state index is 12.8. The Balaban J connectivity index is 2.37. The van der Waals surface area contributed by atoms with Gasteiger partial charge in [0.05, 0.1) is 13.2 Å². The predicted molar refractivity (Wildman–Crippen MR) is 84.8 cm³/mol. The third-order valence-electron chi connectivity index (χ3n) is 3.49. The second kappa shape index (κ2) is 7.22. The average molecular weight is 374 g/mol. The number of halogens is 3. The second-order valence-corrected chi connectivity index (χ2v) is 6.00. The summed E-state index contributed by atoms with van der Waals surface area (Å²) in [5.41, 5.74) is 1.24. The van der Waals surface area contributed by atoms with Crippen molar-refractivity contribution in [2.45, 2.75) is 26.7 Å². The maximum Gasteiger partial charge on any atom is 0.256 e. The lowest BCUT2D eigenvalue weighted by molar-refractivity contribution is -0.133. The highest BCUT2D eigenvalue weighted by atomic mass is 79.9. The van der Waals surface area contributed by atoms with Gasteiger partial charge in [-0.1, -0.05) is 13.0 Å². The van der Waals surface area contributed by atoms with E-state index in [0.717, 1.165) is 0 Å². The molecule has 1 aliphatic heterocycles. The summed E-state index contributed by atoms with van der Waals surface area (Å²) in [6, 6.07) is 5.33. The van der Waals surface area contributed by atoms with Crippen LogP contribution in [0.5, 0.6) is 5.75 Å². The summed E-state index contributed by atoms with van der Waals surface area (Å²) in [7, 11) is 0. The van der Waals surface area contributed by atoms with Crippen molar-refractivity contribution >= 4 is 27.5 Å². The Hall–Kier alpha value is -1.43. The molecule has 22 heavy (non-hydrogen) atoms. The zero-order valence-electron chi connectivity index (χ0n) is 12.5. The molecule has 0 spiro atoms. The van der Waals surface area contributed by atoms with Gasteiger partial charge in [-0.25, -0.2) is 8.78 Å². The van der Waals surface area contributed by atoms with Crippen molar-refractivity contribution in [2.75, 3.05) is 13.2 Å². The van der Waals surface area contributed by atoms with E-state index in [1.165, 1.54) is 4.90 Å². The van der Waals surface area contributed by atoms with Crippen molar-refractivity contribution < 1.29 is 18.3 Å². The lowest BCUT2D eigenvalue weighted by atomic mass is 9.97. The minimum absolute atomic E-state index is 0.265. The Morgan fingerprint density at radius 1 is 1.45 bits per heavy atom. The first-order valence-corrected chi connectivity index (χ1v) is 7.95. The molecule has 1 heterocycles. The third-order valence-corrected chi connectivity index (χ3v) is 4.15. The number of nitrogens with zero attached hydrogens (tertiary/aromatic N) is 1. The number of carbonyl (C=O) groups is 1. The van der Waals surface area contributed by atoms with Crippen LogP contribution in [0.15, 0.2) is 28.7 Å². The summed E-state index contributed by atoms with van der Waals surface area (Å²) < 4.78 is 31.8. The van der Waals surface area contributed by atoms with Crippen molar-refractivity contribution in [3.63, 3.8) is 0 Å². The van der Waals surface area contributed by atoms with Crippen LogP contribution in [0.1, 0.15) is 25.8 Å². The molecule has 1 aromatic rings. The SMILES string of the molecule is CCOc1ccc(C2=CCC(C)C(=O)N2CC(F)F)c(Br)c1. The van der Waals surface area contributed by atoms with Crippen LogP contribution in [0.3, 0.4) is 0 Å². The molecular weight excluding hydrogens is 356 g/mol. The van der Waals surface area contributed by atoms with E-state index in [4.69, 9.17) is 4.74 Å².